The topological polar surface area (TPSA) is 12.0 Å². The van der Waals surface area contributed by atoms with Gasteiger partial charge in [0.15, 0.2) is 0 Å². The first-order valence-corrected chi connectivity index (χ1v) is 14.6. The molecule has 1 N–H and O–H groups in total. The van der Waals surface area contributed by atoms with E-state index < -0.39 is 24.0 Å². The Morgan fingerprint density at radius 1 is 1.11 bits per heavy atom. The molecular weight excluding hydrogens is 270 g/mol. The average Bonchev–Trinajstić information content (AvgIpc) is 2.44. The molecule has 0 aliphatic heterocycles. The summed E-state index contributed by atoms with van der Waals surface area (Å²) < 4.78 is 6.03. The zero-order valence-corrected chi connectivity index (χ0v) is 15.6. The van der Waals surface area contributed by atoms with E-state index in [1.807, 2.05) is 3.88 Å². The van der Waals surface area contributed by atoms with Crippen molar-refractivity contribution in [3.8, 4) is 0 Å². The van der Waals surface area contributed by atoms with Crippen LogP contribution >= 0.6 is 0 Å². The van der Waals surface area contributed by atoms with Gasteiger partial charge in [0.25, 0.3) is 0 Å². The molecule has 0 spiro atoms. The number of allylic oxidation sites excluding steroid dienone is 4. The van der Waals surface area contributed by atoms with E-state index in [4.69, 9.17) is 0 Å². The maximum absolute atomic E-state index is 4.14. The third-order valence-electron chi connectivity index (χ3n) is 4.97. The van der Waals surface area contributed by atoms with Gasteiger partial charge in [-0.2, -0.15) is 0 Å². The van der Waals surface area contributed by atoms with Crippen molar-refractivity contribution in [2.75, 3.05) is 0 Å². The van der Waals surface area contributed by atoms with Crippen molar-refractivity contribution in [1.29, 1.82) is 0 Å². The first-order chi connectivity index (χ1) is 8.43. The van der Waals surface area contributed by atoms with Crippen LogP contribution in [0.15, 0.2) is 20.6 Å². The van der Waals surface area contributed by atoms with Crippen LogP contribution in [0.5, 0.6) is 0 Å². The first kappa shape index (κ1) is 14.8. The normalized spacial score (nSPS) is 25.2. The van der Waals surface area contributed by atoms with Crippen LogP contribution in [-0.2, 0) is 17.4 Å². The minimum absolute atomic E-state index is 0.535. The fourth-order valence-electron chi connectivity index (χ4n) is 3.13. The SMILES string of the molecule is CC1=C(C)C(C)[C]([Ti]([NH]C2CCC2)[SiH](C)C)=C1C. The second-order valence-electron chi connectivity index (χ2n) is 6.41. The fourth-order valence-corrected chi connectivity index (χ4v) is 14.8. The Hall–Kier alpha value is 0.371. The number of hydrogen-bond donors (Lipinski definition) is 1. The van der Waals surface area contributed by atoms with Crippen LogP contribution in [0, 0.1) is 5.92 Å². The third-order valence-corrected chi connectivity index (χ3v) is 16.8. The van der Waals surface area contributed by atoms with Gasteiger partial charge in [0, 0.05) is 0 Å². The average molecular weight is 298 g/mol. The molecule has 0 aromatic carbocycles. The van der Waals surface area contributed by atoms with Crippen LogP contribution in [0.4, 0.5) is 0 Å². The predicted octanol–water partition coefficient (Wildman–Crippen LogP) is 3.91. The van der Waals surface area contributed by atoms with Gasteiger partial charge in [-0.25, -0.2) is 0 Å². The zero-order chi connectivity index (χ0) is 13.4. The molecule has 18 heavy (non-hydrogen) atoms. The van der Waals surface area contributed by atoms with Crippen LogP contribution in [0.25, 0.3) is 0 Å². The van der Waals surface area contributed by atoms with Gasteiger partial charge in [-0.3, -0.25) is 0 Å². The van der Waals surface area contributed by atoms with Gasteiger partial charge < -0.3 is 0 Å². The van der Waals surface area contributed by atoms with E-state index >= 15 is 0 Å². The van der Waals surface area contributed by atoms with Crippen molar-refractivity contribution in [3.63, 3.8) is 0 Å². The number of rotatable bonds is 4. The summed E-state index contributed by atoms with van der Waals surface area (Å²) >= 11 is -1.16. The molecule has 101 valence electrons. The summed E-state index contributed by atoms with van der Waals surface area (Å²) in [6.45, 7) is 14.1. The number of hydrogen-bond acceptors (Lipinski definition) is 1. The Labute approximate surface area is 120 Å². The summed E-state index contributed by atoms with van der Waals surface area (Å²) in [5.41, 5.74) is 4.88. The molecule has 1 nitrogen and oxygen atoms in total. The van der Waals surface area contributed by atoms with Crippen molar-refractivity contribution >= 4 is 6.66 Å². The summed E-state index contributed by atoms with van der Waals surface area (Å²) in [5, 5.41) is 0. The second kappa shape index (κ2) is 5.78. The van der Waals surface area contributed by atoms with E-state index in [0.717, 1.165) is 12.0 Å². The van der Waals surface area contributed by atoms with Crippen molar-refractivity contribution in [2.45, 2.75) is 66.1 Å². The molecule has 1 saturated carbocycles. The van der Waals surface area contributed by atoms with E-state index in [1.54, 1.807) is 16.7 Å². The first-order valence-electron chi connectivity index (χ1n) is 7.45. The van der Waals surface area contributed by atoms with Crippen LogP contribution in [-0.4, -0.2) is 12.7 Å². The van der Waals surface area contributed by atoms with Crippen LogP contribution in [0.2, 0.25) is 13.1 Å². The summed E-state index contributed by atoms with van der Waals surface area (Å²) in [6, 6.07) is 0.878. The van der Waals surface area contributed by atoms with Gasteiger partial charge in [-0.1, -0.05) is 0 Å². The second-order valence-corrected chi connectivity index (χ2v) is 19.1. The van der Waals surface area contributed by atoms with Gasteiger partial charge in [0.05, 0.1) is 0 Å². The molecule has 0 bridgehead atoms. The third kappa shape index (κ3) is 2.63. The molecule has 0 amide bonds. The van der Waals surface area contributed by atoms with Gasteiger partial charge in [0.1, 0.15) is 0 Å². The Balaban J connectivity index is 2.21. The quantitative estimate of drug-likeness (QED) is 0.776. The number of nitrogens with one attached hydrogen (secondary N) is 1. The van der Waals surface area contributed by atoms with Crippen LogP contribution in [0.1, 0.15) is 47.0 Å². The van der Waals surface area contributed by atoms with E-state index in [-0.39, 0.29) is 0 Å². The van der Waals surface area contributed by atoms with E-state index in [0.29, 0.717) is 0 Å². The van der Waals surface area contributed by atoms with Crippen LogP contribution < -0.4 is 3.80 Å². The van der Waals surface area contributed by atoms with Crippen molar-refractivity contribution in [1.82, 2.24) is 3.80 Å². The van der Waals surface area contributed by atoms with Gasteiger partial charge in [0.2, 0.25) is 0 Å². The van der Waals surface area contributed by atoms with E-state index in [2.05, 4.69) is 44.6 Å². The Kier molecular flexibility index (Phi) is 4.75. The molecule has 3 heteroatoms. The molecule has 0 aromatic rings. The summed E-state index contributed by atoms with van der Waals surface area (Å²) in [5.74, 6) is 0.738. The molecule has 1 fully saturated rings. The summed E-state index contributed by atoms with van der Waals surface area (Å²) in [7, 11) is 0. The molecule has 1 atom stereocenters. The molecule has 0 heterocycles. The molecule has 2 aliphatic rings. The molecule has 1 unspecified atom stereocenters. The van der Waals surface area contributed by atoms with Gasteiger partial charge >= 0.3 is 120 Å². The standard InChI is InChI=1S/C9H13.C4H8N.C2H7Si.Ti/c1-6-5-7(2)9(4)8(6)3;5-4-2-1-3-4;1-3-2;/h6H,1-4H3;4-5H,1-3H2;3H,1-2H3;/q;-1;;+1. The molecular formula is C15H28NSiTi. The predicted molar refractivity (Wildman–Crippen MR) is 79.9 cm³/mol. The zero-order valence-electron chi connectivity index (χ0n) is 12.9. The van der Waals surface area contributed by atoms with Gasteiger partial charge in [-0.05, 0) is 0 Å². The Morgan fingerprint density at radius 3 is 2.06 bits per heavy atom. The summed E-state index contributed by atoms with van der Waals surface area (Å²) in [4.78, 5) is 0. The fraction of sp³-hybridized carbons (Fsp3) is 0.733. The van der Waals surface area contributed by atoms with Gasteiger partial charge in [-0.15, -0.1) is 0 Å². The van der Waals surface area contributed by atoms with E-state index in [9.17, 15) is 0 Å². The van der Waals surface area contributed by atoms with E-state index in [1.165, 1.54) is 19.3 Å². The Morgan fingerprint density at radius 2 is 1.72 bits per heavy atom. The summed E-state index contributed by atoms with van der Waals surface area (Å²) in [6.07, 6.45) is 4.32. The maximum atomic E-state index is 4.14. The van der Waals surface area contributed by atoms with Crippen molar-refractivity contribution in [3.05, 3.63) is 20.6 Å². The molecule has 0 saturated heterocycles. The van der Waals surface area contributed by atoms with Crippen LogP contribution in [0.3, 0.4) is 0 Å². The molecule has 0 aromatic heterocycles. The van der Waals surface area contributed by atoms with Crippen molar-refractivity contribution in [2.24, 2.45) is 5.92 Å². The van der Waals surface area contributed by atoms with Crippen molar-refractivity contribution < 1.29 is 17.4 Å². The Bertz CT molecular complexity index is 393. The molecule has 0 radical (unpaired) electrons. The minimum atomic E-state index is -1.16. The monoisotopic (exact) mass is 298 g/mol. The molecule has 2 rings (SSSR count). The molecule has 2 aliphatic carbocycles.